The number of hydrogen-bond acceptors (Lipinski definition) is 5. The minimum Gasteiger partial charge on any atom is -0.460 e. The average Bonchev–Trinajstić information content (AvgIpc) is 3.39. The molecular formula is C32H37Cl2N3O5. The van der Waals surface area contributed by atoms with Crippen LogP contribution in [0.25, 0.3) is 11.0 Å². The number of nitrogens with one attached hydrogen (secondary N) is 3. The predicted octanol–water partition coefficient (Wildman–Crippen LogP) is 3.86. The van der Waals surface area contributed by atoms with Crippen molar-refractivity contribution in [3.05, 3.63) is 71.0 Å². The molecule has 4 N–H and O–H groups in total. The molecule has 0 aliphatic carbocycles. The van der Waals surface area contributed by atoms with Gasteiger partial charge in [-0.25, -0.2) is 0 Å². The number of aliphatic hydroxyl groups excluding tert-OH is 1. The molecule has 0 bridgehead atoms. The van der Waals surface area contributed by atoms with Gasteiger partial charge in [-0.3, -0.25) is 14.4 Å². The zero-order valence-corrected chi connectivity index (χ0v) is 25.2. The molecule has 1 heterocycles. The van der Waals surface area contributed by atoms with Crippen LogP contribution in [-0.2, 0) is 33.6 Å². The fourth-order valence-corrected chi connectivity index (χ4v) is 4.75. The van der Waals surface area contributed by atoms with Gasteiger partial charge in [0.05, 0.1) is 12.2 Å². The number of aliphatic hydroxyl groups is 1. The van der Waals surface area contributed by atoms with E-state index in [9.17, 15) is 19.5 Å². The second-order valence-electron chi connectivity index (χ2n) is 9.88. The van der Waals surface area contributed by atoms with Crippen LogP contribution in [0.1, 0.15) is 48.6 Å². The molecule has 0 aliphatic rings. The van der Waals surface area contributed by atoms with Crippen LogP contribution in [-0.4, -0.2) is 59.8 Å². The number of unbranched alkanes of at least 4 members (excludes halogenated alkanes) is 1. The van der Waals surface area contributed by atoms with Crippen LogP contribution in [0.5, 0.6) is 0 Å². The van der Waals surface area contributed by atoms with Gasteiger partial charge in [0.2, 0.25) is 17.7 Å². The van der Waals surface area contributed by atoms with Gasteiger partial charge in [0.1, 0.15) is 23.4 Å². The number of amides is 3. The van der Waals surface area contributed by atoms with E-state index in [0.29, 0.717) is 35.7 Å². The SMILES string of the molecule is CC(=O)N[C@@H](Cc1ccccc1)C(=O)N[C@@H](Cc1cc(C#CCCCCl)c2oc(CCCCl)cc2c1)C(=O)NCCO. The molecule has 0 saturated carbocycles. The van der Waals surface area contributed by atoms with Crippen LogP contribution in [0.3, 0.4) is 0 Å². The summed E-state index contributed by atoms with van der Waals surface area (Å²) in [6, 6.07) is 13.2. The first-order chi connectivity index (χ1) is 20.3. The Kier molecular flexibility index (Phi) is 13.7. The van der Waals surface area contributed by atoms with Gasteiger partial charge in [-0.1, -0.05) is 42.2 Å². The summed E-state index contributed by atoms with van der Waals surface area (Å²) in [5.41, 5.74) is 2.95. The van der Waals surface area contributed by atoms with Gasteiger partial charge in [0, 0.05) is 56.3 Å². The predicted molar refractivity (Wildman–Crippen MR) is 166 cm³/mol. The van der Waals surface area contributed by atoms with Crippen LogP contribution in [0.2, 0.25) is 0 Å². The van der Waals surface area contributed by atoms with Crippen molar-refractivity contribution in [2.45, 2.75) is 57.5 Å². The highest BCUT2D eigenvalue weighted by Gasteiger charge is 2.27. The van der Waals surface area contributed by atoms with Gasteiger partial charge in [-0.15, -0.1) is 23.2 Å². The first-order valence-electron chi connectivity index (χ1n) is 14.0. The topological polar surface area (TPSA) is 121 Å². The number of carbonyl (C=O) groups is 3. The number of halogens is 2. The molecular weight excluding hydrogens is 577 g/mol. The van der Waals surface area contributed by atoms with Gasteiger partial charge < -0.3 is 25.5 Å². The molecule has 3 aromatic rings. The summed E-state index contributed by atoms with van der Waals surface area (Å²) in [5.74, 6) is 6.82. The van der Waals surface area contributed by atoms with E-state index < -0.39 is 23.9 Å². The summed E-state index contributed by atoms with van der Waals surface area (Å²) in [6.07, 6.45) is 3.24. The smallest absolute Gasteiger partial charge is 0.243 e. The lowest BCUT2D eigenvalue weighted by molar-refractivity contribution is -0.131. The maximum atomic E-state index is 13.4. The number of benzene rings is 2. The number of furan rings is 1. The van der Waals surface area contributed by atoms with Crippen molar-refractivity contribution >= 4 is 51.9 Å². The van der Waals surface area contributed by atoms with Crippen molar-refractivity contribution in [1.29, 1.82) is 0 Å². The second kappa shape index (κ2) is 17.4. The molecule has 1 aromatic heterocycles. The van der Waals surface area contributed by atoms with Crippen LogP contribution in [0, 0.1) is 11.8 Å². The number of carbonyl (C=O) groups excluding carboxylic acids is 3. The second-order valence-corrected chi connectivity index (χ2v) is 10.6. The average molecular weight is 615 g/mol. The molecule has 3 rings (SSSR count). The first kappa shape index (κ1) is 33.0. The molecule has 0 spiro atoms. The molecule has 0 fully saturated rings. The Hall–Kier alpha value is -3.51. The highest BCUT2D eigenvalue weighted by Crippen LogP contribution is 2.26. The molecule has 2 aromatic carbocycles. The largest absolute Gasteiger partial charge is 0.460 e. The van der Waals surface area contributed by atoms with Gasteiger partial charge in [0.25, 0.3) is 0 Å². The van der Waals surface area contributed by atoms with Crippen LogP contribution < -0.4 is 16.0 Å². The molecule has 0 unspecified atom stereocenters. The van der Waals surface area contributed by atoms with Crippen molar-refractivity contribution < 1.29 is 23.9 Å². The van der Waals surface area contributed by atoms with Crippen LogP contribution in [0.4, 0.5) is 0 Å². The normalized spacial score (nSPS) is 12.2. The van der Waals surface area contributed by atoms with E-state index in [-0.39, 0.29) is 31.9 Å². The van der Waals surface area contributed by atoms with E-state index in [0.717, 1.165) is 35.1 Å². The molecule has 2 atom stereocenters. The van der Waals surface area contributed by atoms with E-state index in [1.165, 1.54) is 6.92 Å². The monoisotopic (exact) mass is 613 g/mol. The van der Waals surface area contributed by atoms with Crippen LogP contribution in [0.15, 0.2) is 52.9 Å². The van der Waals surface area contributed by atoms with E-state index in [4.69, 9.17) is 27.6 Å². The van der Waals surface area contributed by atoms with Gasteiger partial charge in [-0.2, -0.15) is 0 Å². The minimum absolute atomic E-state index is 0.0341. The Labute approximate surface area is 256 Å². The Morgan fingerprint density at radius 2 is 1.64 bits per heavy atom. The molecule has 224 valence electrons. The fourth-order valence-electron chi connectivity index (χ4n) is 4.48. The molecule has 0 radical (unpaired) electrons. The van der Waals surface area contributed by atoms with Gasteiger partial charge >= 0.3 is 0 Å². The highest BCUT2D eigenvalue weighted by molar-refractivity contribution is 6.18. The Bertz CT molecular complexity index is 1400. The zero-order valence-electron chi connectivity index (χ0n) is 23.7. The number of rotatable bonds is 15. The van der Waals surface area contributed by atoms with Gasteiger partial charge in [0.15, 0.2) is 0 Å². The molecule has 10 heteroatoms. The Morgan fingerprint density at radius 1 is 0.929 bits per heavy atom. The summed E-state index contributed by atoms with van der Waals surface area (Å²) in [4.78, 5) is 38.5. The van der Waals surface area contributed by atoms with Gasteiger partial charge in [-0.05, 0) is 42.2 Å². The molecule has 3 amide bonds. The number of alkyl halides is 2. The third kappa shape index (κ3) is 10.4. The lowest BCUT2D eigenvalue weighted by Crippen LogP contribution is -2.55. The molecule has 0 aliphatic heterocycles. The maximum absolute atomic E-state index is 13.4. The van der Waals surface area contributed by atoms with E-state index >= 15 is 0 Å². The fraction of sp³-hybridized carbons (Fsp3) is 0.406. The zero-order chi connectivity index (χ0) is 30.3. The highest BCUT2D eigenvalue weighted by atomic mass is 35.5. The summed E-state index contributed by atoms with van der Waals surface area (Å²) in [6.45, 7) is 1.13. The maximum Gasteiger partial charge on any atom is 0.243 e. The van der Waals surface area contributed by atoms with Crippen molar-refractivity contribution in [2.24, 2.45) is 0 Å². The first-order valence-corrected chi connectivity index (χ1v) is 15.1. The summed E-state index contributed by atoms with van der Waals surface area (Å²) in [7, 11) is 0. The number of fused-ring (bicyclic) bond motifs is 1. The number of hydrogen-bond donors (Lipinski definition) is 4. The third-order valence-electron chi connectivity index (χ3n) is 6.40. The van der Waals surface area contributed by atoms with Crippen molar-refractivity contribution in [2.75, 3.05) is 24.9 Å². The van der Waals surface area contributed by atoms with Crippen molar-refractivity contribution in [1.82, 2.24) is 16.0 Å². The lowest BCUT2D eigenvalue weighted by atomic mass is 9.99. The lowest BCUT2D eigenvalue weighted by Gasteiger charge is -2.23. The van der Waals surface area contributed by atoms with Crippen LogP contribution >= 0.6 is 23.2 Å². The van der Waals surface area contributed by atoms with E-state index in [1.54, 1.807) is 0 Å². The molecule has 0 saturated heterocycles. The molecule has 8 nitrogen and oxygen atoms in total. The summed E-state index contributed by atoms with van der Waals surface area (Å²) < 4.78 is 6.10. The molecule has 42 heavy (non-hydrogen) atoms. The quantitative estimate of drug-likeness (QED) is 0.118. The number of aryl methyl sites for hydroxylation is 1. The van der Waals surface area contributed by atoms with Crippen molar-refractivity contribution in [3.63, 3.8) is 0 Å². The Balaban J connectivity index is 1.92. The Morgan fingerprint density at radius 3 is 2.33 bits per heavy atom. The minimum atomic E-state index is -0.979. The standard InChI is InChI=1S/C32H37Cl2N3O5/c1-22(39)36-29(19-23-9-4-2-5-10-23)32(41)37-28(31(40)35-15-16-38)20-24-17-25(11-6-3-7-13-33)30-26(18-24)21-27(42-30)12-8-14-34/h2,4-5,9-10,17-18,21,28-29,38H,3,7-8,12-16,19-20H2,1H3,(H,35,40)(H,36,39)(H,37,41)/t28-,29-/m0/s1. The third-order valence-corrected chi connectivity index (χ3v) is 6.94. The van der Waals surface area contributed by atoms with Crippen molar-refractivity contribution in [3.8, 4) is 11.8 Å². The van der Waals surface area contributed by atoms with E-state index in [2.05, 4.69) is 27.8 Å². The summed E-state index contributed by atoms with van der Waals surface area (Å²) in [5, 5.41) is 18.3. The van der Waals surface area contributed by atoms with E-state index in [1.807, 2.05) is 48.5 Å². The summed E-state index contributed by atoms with van der Waals surface area (Å²) >= 11 is 11.7.